The fourth-order valence-corrected chi connectivity index (χ4v) is 6.41. The van der Waals surface area contributed by atoms with Gasteiger partial charge in [0.25, 0.3) is 6.43 Å². The molecule has 5 nitrogen and oxygen atoms in total. The van der Waals surface area contributed by atoms with Crippen LogP contribution in [0.3, 0.4) is 0 Å². The topological polar surface area (TPSA) is 72.1 Å². The van der Waals surface area contributed by atoms with Crippen molar-refractivity contribution >= 4 is 40.0 Å². The number of nitrogens with two attached hydrogens (primary N) is 1. The number of aromatic nitrogens is 2. The summed E-state index contributed by atoms with van der Waals surface area (Å²) in [5.41, 5.74) is 0.543. The first-order valence-electron chi connectivity index (χ1n) is 11.5. The van der Waals surface area contributed by atoms with Crippen LogP contribution in [-0.2, 0) is 11.0 Å². The van der Waals surface area contributed by atoms with Gasteiger partial charge in [0.05, 0.1) is 37.7 Å². The van der Waals surface area contributed by atoms with Gasteiger partial charge in [0.2, 0.25) is 0 Å². The first-order valence-corrected chi connectivity index (χ1v) is 13.5. The molecule has 1 saturated carbocycles. The molecule has 0 bridgehead atoms. The van der Waals surface area contributed by atoms with Gasteiger partial charge >= 0.3 is 0 Å². The fraction of sp³-hybridized carbons (Fsp3) is 0.583. The Balaban J connectivity index is 1.55. The van der Waals surface area contributed by atoms with E-state index in [0.717, 1.165) is 38.5 Å². The maximum atomic E-state index is 14.0. The van der Waals surface area contributed by atoms with Crippen molar-refractivity contribution in [2.24, 2.45) is 16.5 Å². The second kappa shape index (κ2) is 9.96. The second-order valence-corrected chi connectivity index (χ2v) is 12.6. The van der Waals surface area contributed by atoms with Gasteiger partial charge in [-0.1, -0.05) is 41.8 Å². The Kier molecular flexibility index (Phi) is 7.54. The van der Waals surface area contributed by atoms with Crippen molar-refractivity contribution < 1.29 is 13.0 Å². The molecule has 186 valence electrons. The van der Waals surface area contributed by atoms with Crippen LogP contribution in [0.4, 0.5) is 14.6 Å². The summed E-state index contributed by atoms with van der Waals surface area (Å²) in [7, 11) is -1.39. The van der Waals surface area contributed by atoms with Crippen LogP contribution in [0.25, 0.3) is 11.3 Å². The van der Waals surface area contributed by atoms with Gasteiger partial charge in [-0.05, 0) is 63.4 Å². The maximum absolute atomic E-state index is 14.0. The lowest BCUT2D eigenvalue weighted by Gasteiger charge is -2.45. The van der Waals surface area contributed by atoms with Gasteiger partial charge < -0.3 is 4.90 Å². The second-order valence-electron chi connectivity index (χ2n) is 10.1. The smallest absolute Gasteiger partial charge is 0.284 e. The lowest BCUT2D eigenvalue weighted by Crippen LogP contribution is -2.45. The van der Waals surface area contributed by atoms with Gasteiger partial charge in [0, 0.05) is 18.7 Å². The molecule has 34 heavy (non-hydrogen) atoms. The third-order valence-corrected chi connectivity index (χ3v) is 9.72. The molecule has 1 saturated heterocycles. The number of halogens is 4. The summed E-state index contributed by atoms with van der Waals surface area (Å²) in [6.07, 6.45) is 4.64. The van der Waals surface area contributed by atoms with E-state index in [2.05, 4.69) is 9.97 Å². The van der Waals surface area contributed by atoms with Crippen molar-refractivity contribution in [3.05, 3.63) is 40.1 Å². The summed E-state index contributed by atoms with van der Waals surface area (Å²) in [6.45, 7) is 5.19. The van der Waals surface area contributed by atoms with Gasteiger partial charge in [0.15, 0.2) is 5.82 Å². The van der Waals surface area contributed by atoms with Gasteiger partial charge in [-0.15, -0.1) is 0 Å². The molecular formula is C24H30Cl2F2N4OS. The zero-order valence-corrected chi connectivity index (χ0v) is 21.7. The molecule has 1 aliphatic heterocycles. The molecule has 2 atom stereocenters. The Labute approximate surface area is 212 Å². The van der Waals surface area contributed by atoms with Crippen molar-refractivity contribution in [2.45, 2.75) is 63.5 Å². The van der Waals surface area contributed by atoms with Crippen LogP contribution in [0, 0.1) is 11.3 Å². The van der Waals surface area contributed by atoms with E-state index in [0.29, 0.717) is 29.6 Å². The average molecular weight is 532 g/mol. The molecule has 1 aromatic carbocycles. The lowest BCUT2D eigenvalue weighted by molar-refractivity contribution is 0.131. The third-order valence-electron chi connectivity index (χ3n) is 7.65. The standard InChI is InChI=1S/C24H30Cl2F2N4OS/c1-23(2,34(29)33)13-15-5-4-8-24(15)9-11-32(12-10-24)22-20(21(27)28)31-18(14-30-22)16-6-3-7-17(25)19(16)26/h3,6-7,14-15,21H,4-5,8-13,29H2,1-2H3/t15-,34?/m1/s1. The van der Waals surface area contributed by atoms with Crippen LogP contribution >= 0.6 is 23.2 Å². The molecule has 2 aliphatic rings. The summed E-state index contributed by atoms with van der Waals surface area (Å²) in [5.74, 6) is 0.662. The summed E-state index contributed by atoms with van der Waals surface area (Å²) >= 11 is 12.4. The average Bonchev–Trinajstić information content (AvgIpc) is 3.16. The highest BCUT2D eigenvalue weighted by atomic mass is 35.5. The minimum absolute atomic E-state index is 0.139. The molecule has 2 aromatic rings. The van der Waals surface area contributed by atoms with E-state index in [-0.39, 0.29) is 27.6 Å². The Morgan fingerprint density at radius 2 is 1.97 bits per heavy atom. The molecule has 1 spiro atoms. The Morgan fingerprint density at radius 1 is 1.26 bits per heavy atom. The quantitative estimate of drug-likeness (QED) is 0.458. The molecule has 2 N–H and O–H groups in total. The van der Waals surface area contributed by atoms with Gasteiger partial charge in [-0.25, -0.2) is 23.0 Å². The Bertz CT molecular complexity index is 1080. The van der Waals surface area contributed by atoms with Crippen LogP contribution in [0.1, 0.15) is 64.5 Å². The molecule has 1 aliphatic carbocycles. The van der Waals surface area contributed by atoms with Crippen molar-refractivity contribution in [2.75, 3.05) is 18.0 Å². The van der Waals surface area contributed by atoms with E-state index in [1.807, 2.05) is 18.7 Å². The Hall–Kier alpha value is -1.35. The molecule has 4 rings (SSSR count). The molecule has 0 amide bonds. The van der Waals surface area contributed by atoms with Gasteiger partial charge in [-0.3, -0.25) is 5.14 Å². The minimum atomic E-state index is -2.77. The first-order chi connectivity index (χ1) is 16.0. The monoisotopic (exact) mass is 530 g/mol. The van der Waals surface area contributed by atoms with Crippen molar-refractivity contribution in [3.8, 4) is 11.3 Å². The van der Waals surface area contributed by atoms with Crippen LogP contribution < -0.4 is 10.0 Å². The number of nitrogens with zero attached hydrogens (tertiary/aromatic N) is 3. The maximum Gasteiger partial charge on any atom is 0.284 e. The van der Waals surface area contributed by atoms with Crippen molar-refractivity contribution in [1.29, 1.82) is 0 Å². The number of piperidine rings is 1. The first kappa shape index (κ1) is 25.7. The highest BCUT2D eigenvalue weighted by molar-refractivity contribution is 7.84. The summed E-state index contributed by atoms with van der Waals surface area (Å²) in [6, 6.07) is 5.02. The summed E-state index contributed by atoms with van der Waals surface area (Å²) in [4.78, 5) is 10.6. The fourth-order valence-electron chi connectivity index (χ4n) is 5.65. The van der Waals surface area contributed by atoms with E-state index >= 15 is 0 Å². The predicted octanol–water partition coefficient (Wildman–Crippen LogP) is 6.57. The largest absolute Gasteiger partial charge is 0.355 e. The molecule has 0 radical (unpaired) electrons. The van der Waals surface area contributed by atoms with E-state index in [1.165, 1.54) is 6.20 Å². The number of rotatable bonds is 6. The third kappa shape index (κ3) is 4.97. The summed E-state index contributed by atoms with van der Waals surface area (Å²) in [5, 5.41) is 6.34. The zero-order valence-electron chi connectivity index (χ0n) is 19.4. The molecular weight excluding hydrogens is 501 g/mol. The van der Waals surface area contributed by atoms with E-state index in [4.69, 9.17) is 28.3 Å². The van der Waals surface area contributed by atoms with Crippen LogP contribution in [0.15, 0.2) is 24.4 Å². The number of benzene rings is 1. The van der Waals surface area contributed by atoms with Crippen LogP contribution in [0.2, 0.25) is 10.0 Å². The van der Waals surface area contributed by atoms with E-state index in [1.54, 1.807) is 18.2 Å². The van der Waals surface area contributed by atoms with Gasteiger partial charge in [0.1, 0.15) is 5.69 Å². The highest BCUT2D eigenvalue weighted by Crippen LogP contribution is 2.54. The molecule has 1 unspecified atom stereocenters. The predicted molar refractivity (Wildman–Crippen MR) is 135 cm³/mol. The van der Waals surface area contributed by atoms with Crippen molar-refractivity contribution in [1.82, 2.24) is 9.97 Å². The normalized spacial score (nSPS) is 21.4. The van der Waals surface area contributed by atoms with E-state index < -0.39 is 22.2 Å². The Morgan fingerprint density at radius 3 is 2.62 bits per heavy atom. The van der Waals surface area contributed by atoms with Crippen molar-refractivity contribution in [3.63, 3.8) is 0 Å². The molecule has 1 aromatic heterocycles. The number of hydrogen-bond donors (Lipinski definition) is 1. The van der Waals surface area contributed by atoms with Crippen LogP contribution in [0.5, 0.6) is 0 Å². The van der Waals surface area contributed by atoms with E-state index in [9.17, 15) is 13.0 Å². The number of alkyl halides is 2. The number of anilines is 1. The molecule has 10 heteroatoms. The lowest BCUT2D eigenvalue weighted by atomic mass is 9.68. The number of hydrogen-bond acceptors (Lipinski definition) is 4. The zero-order chi connectivity index (χ0) is 24.7. The summed E-state index contributed by atoms with van der Waals surface area (Å²) < 4.78 is 39.7. The SMILES string of the molecule is CC(C)(C[C@H]1CCCC12CCN(c1ncc(-c3cccc(Cl)c3Cl)nc1C(F)F)CC2)S(N)=O. The molecule has 2 heterocycles. The highest BCUT2D eigenvalue weighted by Gasteiger charge is 2.47. The van der Waals surface area contributed by atoms with Crippen LogP contribution in [-0.4, -0.2) is 32.0 Å². The van der Waals surface area contributed by atoms with Gasteiger partial charge in [-0.2, -0.15) is 0 Å². The molecule has 2 fully saturated rings. The minimum Gasteiger partial charge on any atom is -0.355 e.